The number of fused-ring (bicyclic) bond motifs is 1. The Hall–Kier alpha value is -2.05. The van der Waals surface area contributed by atoms with E-state index in [1.807, 2.05) is 18.2 Å². The van der Waals surface area contributed by atoms with E-state index in [0.29, 0.717) is 5.82 Å². The third-order valence-electron chi connectivity index (χ3n) is 5.15. The van der Waals surface area contributed by atoms with Gasteiger partial charge in [0.1, 0.15) is 16.3 Å². The molecular weight excluding hydrogens is 330 g/mol. The number of nitrogens with one attached hydrogen (secondary N) is 2. The van der Waals surface area contributed by atoms with Crippen LogP contribution in [-0.4, -0.2) is 34.1 Å². The Kier molecular flexibility index (Phi) is 4.63. The highest BCUT2D eigenvalue weighted by Crippen LogP contribution is 2.31. The van der Waals surface area contributed by atoms with Crippen LogP contribution >= 0.6 is 11.3 Å². The first-order valence-electron chi connectivity index (χ1n) is 8.89. The fourth-order valence-electron chi connectivity index (χ4n) is 3.60. The van der Waals surface area contributed by atoms with E-state index in [1.54, 1.807) is 17.5 Å². The zero-order chi connectivity index (χ0) is 17.1. The van der Waals surface area contributed by atoms with E-state index in [0.717, 1.165) is 28.3 Å². The molecule has 0 bridgehead atoms. The molecular formula is C19H23N5S. The van der Waals surface area contributed by atoms with E-state index in [9.17, 15) is 0 Å². The van der Waals surface area contributed by atoms with Crippen LogP contribution in [0.4, 0.5) is 5.82 Å². The number of anilines is 1. The number of rotatable bonds is 5. The van der Waals surface area contributed by atoms with Crippen LogP contribution in [0.15, 0.2) is 35.8 Å². The van der Waals surface area contributed by atoms with E-state index >= 15 is 0 Å². The molecule has 1 aliphatic carbocycles. The minimum absolute atomic E-state index is 0.163. The van der Waals surface area contributed by atoms with Crippen molar-refractivity contribution in [3.8, 4) is 11.5 Å². The minimum Gasteiger partial charge on any atom is -0.368 e. The zero-order valence-electron chi connectivity index (χ0n) is 14.5. The topological polar surface area (TPSA) is 62.7 Å². The number of thiophene rings is 1. The molecule has 25 heavy (non-hydrogen) atoms. The van der Waals surface area contributed by atoms with Crippen molar-refractivity contribution in [1.82, 2.24) is 20.3 Å². The van der Waals surface area contributed by atoms with Gasteiger partial charge in [0.05, 0.1) is 5.39 Å². The van der Waals surface area contributed by atoms with Crippen LogP contribution in [-0.2, 0) is 0 Å². The van der Waals surface area contributed by atoms with Gasteiger partial charge < -0.3 is 10.6 Å². The van der Waals surface area contributed by atoms with E-state index in [4.69, 9.17) is 4.98 Å². The van der Waals surface area contributed by atoms with E-state index in [1.165, 1.54) is 32.1 Å². The average Bonchev–Trinajstić information content (AvgIpc) is 3.16. The number of aromatic nitrogens is 3. The summed E-state index contributed by atoms with van der Waals surface area (Å²) in [7, 11) is 2.08. The molecule has 0 spiro atoms. The Morgan fingerprint density at radius 2 is 2.00 bits per heavy atom. The Bertz CT molecular complexity index is 839. The molecule has 130 valence electrons. The fourth-order valence-corrected chi connectivity index (χ4v) is 4.36. The molecule has 3 aromatic heterocycles. The summed E-state index contributed by atoms with van der Waals surface area (Å²) < 4.78 is 0. The molecule has 1 fully saturated rings. The van der Waals surface area contributed by atoms with Crippen LogP contribution in [0.25, 0.3) is 21.7 Å². The third-order valence-corrected chi connectivity index (χ3v) is 5.96. The number of likely N-dealkylation sites (N-methyl/N-ethyl adjacent to an activating group) is 1. The maximum absolute atomic E-state index is 4.79. The molecule has 0 aliphatic heterocycles. The van der Waals surface area contributed by atoms with Crippen LogP contribution in [0.5, 0.6) is 0 Å². The van der Waals surface area contributed by atoms with Crippen molar-refractivity contribution in [3.63, 3.8) is 0 Å². The standard InChI is InChI=1S/C19H23N5S/c1-20-19(9-4-2-5-10-19)13-22-16-14-8-12-25-18(14)24-17(23-16)15-7-3-6-11-21-15/h3,6-8,11-12,20H,2,4-5,9-10,13H2,1H3,(H,22,23,24). The van der Waals surface area contributed by atoms with Gasteiger partial charge in [-0.15, -0.1) is 11.3 Å². The molecule has 0 unspecified atom stereocenters. The first-order chi connectivity index (χ1) is 12.3. The molecule has 6 heteroatoms. The first kappa shape index (κ1) is 16.4. The van der Waals surface area contributed by atoms with Gasteiger partial charge >= 0.3 is 0 Å². The highest BCUT2D eigenvalue weighted by atomic mass is 32.1. The van der Waals surface area contributed by atoms with Crippen LogP contribution < -0.4 is 10.6 Å². The molecule has 3 heterocycles. The zero-order valence-corrected chi connectivity index (χ0v) is 15.3. The van der Waals surface area contributed by atoms with Gasteiger partial charge in [0.25, 0.3) is 0 Å². The van der Waals surface area contributed by atoms with Crippen molar-refractivity contribution >= 4 is 27.4 Å². The quantitative estimate of drug-likeness (QED) is 0.723. The van der Waals surface area contributed by atoms with Crippen molar-refractivity contribution in [2.75, 3.05) is 18.9 Å². The maximum atomic E-state index is 4.79. The van der Waals surface area contributed by atoms with Crippen LogP contribution in [0.1, 0.15) is 32.1 Å². The van der Waals surface area contributed by atoms with Gasteiger partial charge in [-0.2, -0.15) is 0 Å². The largest absolute Gasteiger partial charge is 0.368 e. The van der Waals surface area contributed by atoms with Gasteiger partial charge in [0.2, 0.25) is 0 Å². The lowest BCUT2D eigenvalue weighted by atomic mass is 9.81. The highest BCUT2D eigenvalue weighted by Gasteiger charge is 2.30. The van der Waals surface area contributed by atoms with E-state index in [-0.39, 0.29) is 5.54 Å². The van der Waals surface area contributed by atoms with Crippen LogP contribution in [0, 0.1) is 0 Å². The summed E-state index contributed by atoms with van der Waals surface area (Å²) in [6, 6.07) is 7.92. The summed E-state index contributed by atoms with van der Waals surface area (Å²) in [5.41, 5.74) is 0.971. The van der Waals surface area contributed by atoms with E-state index < -0.39 is 0 Å². The van der Waals surface area contributed by atoms with Gasteiger partial charge in [-0.05, 0) is 43.5 Å². The van der Waals surface area contributed by atoms with Crippen molar-refractivity contribution < 1.29 is 0 Å². The molecule has 1 saturated carbocycles. The van der Waals surface area contributed by atoms with Gasteiger partial charge in [-0.1, -0.05) is 25.3 Å². The Morgan fingerprint density at radius 3 is 2.76 bits per heavy atom. The Labute approximate surface area is 151 Å². The van der Waals surface area contributed by atoms with Crippen LogP contribution in [0.2, 0.25) is 0 Å². The second kappa shape index (κ2) is 7.06. The second-order valence-electron chi connectivity index (χ2n) is 6.69. The Morgan fingerprint density at radius 1 is 1.12 bits per heavy atom. The summed E-state index contributed by atoms with van der Waals surface area (Å²) in [6.45, 7) is 0.882. The van der Waals surface area contributed by atoms with Gasteiger partial charge in [-0.25, -0.2) is 9.97 Å². The van der Waals surface area contributed by atoms with Crippen molar-refractivity contribution in [3.05, 3.63) is 35.8 Å². The van der Waals surface area contributed by atoms with Gasteiger partial charge in [0, 0.05) is 18.3 Å². The normalized spacial score (nSPS) is 16.8. The summed E-state index contributed by atoms with van der Waals surface area (Å²) in [4.78, 5) is 14.9. The molecule has 0 atom stereocenters. The summed E-state index contributed by atoms with van der Waals surface area (Å²) in [5.74, 6) is 1.59. The molecule has 0 radical (unpaired) electrons. The lowest BCUT2D eigenvalue weighted by Crippen LogP contribution is -2.50. The molecule has 1 aliphatic rings. The number of nitrogens with zero attached hydrogens (tertiary/aromatic N) is 3. The number of hydrogen-bond acceptors (Lipinski definition) is 6. The molecule has 4 rings (SSSR count). The lowest BCUT2D eigenvalue weighted by Gasteiger charge is -2.37. The average molecular weight is 353 g/mol. The van der Waals surface area contributed by atoms with Crippen molar-refractivity contribution in [2.24, 2.45) is 0 Å². The van der Waals surface area contributed by atoms with Gasteiger partial charge in [-0.3, -0.25) is 4.98 Å². The third kappa shape index (κ3) is 3.37. The summed E-state index contributed by atoms with van der Waals surface area (Å²) >= 11 is 1.64. The number of hydrogen-bond donors (Lipinski definition) is 2. The monoisotopic (exact) mass is 353 g/mol. The van der Waals surface area contributed by atoms with Gasteiger partial charge in [0.15, 0.2) is 5.82 Å². The smallest absolute Gasteiger partial charge is 0.181 e. The fraction of sp³-hybridized carbons (Fsp3) is 0.421. The summed E-state index contributed by atoms with van der Waals surface area (Å²) in [6.07, 6.45) is 8.12. The number of pyridine rings is 1. The molecule has 0 aromatic carbocycles. The predicted octanol–water partition coefficient (Wildman–Crippen LogP) is 4.09. The molecule has 2 N–H and O–H groups in total. The Balaban J connectivity index is 1.65. The summed E-state index contributed by atoms with van der Waals surface area (Å²) in [5, 5.41) is 10.3. The highest BCUT2D eigenvalue weighted by molar-refractivity contribution is 7.16. The lowest BCUT2D eigenvalue weighted by molar-refractivity contribution is 0.261. The van der Waals surface area contributed by atoms with Crippen molar-refractivity contribution in [1.29, 1.82) is 0 Å². The van der Waals surface area contributed by atoms with Crippen LogP contribution in [0.3, 0.4) is 0 Å². The van der Waals surface area contributed by atoms with E-state index in [2.05, 4.69) is 39.1 Å². The molecule has 0 saturated heterocycles. The molecule has 3 aromatic rings. The molecule has 5 nitrogen and oxygen atoms in total. The first-order valence-corrected chi connectivity index (χ1v) is 9.77. The molecule has 0 amide bonds. The maximum Gasteiger partial charge on any atom is 0.181 e. The van der Waals surface area contributed by atoms with Crippen molar-refractivity contribution in [2.45, 2.75) is 37.6 Å². The second-order valence-corrected chi connectivity index (χ2v) is 7.59. The minimum atomic E-state index is 0.163. The predicted molar refractivity (Wildman–Crippen MR) is 104 cm³/mol. The SMILES string of the molecule is CNC1(CNc2nc(-c3ccccn3)nc3sccc23)CCCCC1.